The SMILES string of the molecule is COc1ccc(-c2ccc(Cl)cc2N)cc1F. The van der Waals surface area contributed by atoms with Gasteiger partial charge >= 0.3 is 0 Å². The van der Waals surface area contributed by atoms with E-state index in [1.54, 1.807) is 30.3 Å². The van der Waals surface area contributed by atoms with Crippen LogP contribution < -0.4 is 10.5 Å². The van der Waals surface area contributed by atoms with E-state index >= 15 is 0 Å². The van der Waals surface area contributed by atoms with Gasteiger partial charge in [-0.2, -0.15) is 0 Å². The minimum absolute atomic E-state index is 0.210. The number of anilines is 1. The van der Waals surface area contributed by atoms with Gasteiger partial charge in [0.2, 0.25) is 0 Å². The standard InChI is InChI=1S/C13H11ClFNO/c1-17-13-5-2-8(6-11(13)15)10-4-3-9(14)7-12(10)16/h2-7H,16H2,1H3. The summed E-state index contributed by atoms with van der Waals surface area (Å²) in [6.45, 7) is 0. The number of halogens is 2. The van der Waals surface area contributed by atoms with Gasteiger partial charge in [0.15, 0.2) is 11.6 Å². The quantitative estimate of drug-likeness (QED) is 0.826. The third kappa shape index (κ3) is 2.34. The van der Waals surface area contributed by atoms with E-state index in [1.807, 2.05) is 0 Å². The van der Waals surface area contributed by atoms with E-state index in [2.05, 4.69) is 0 Å². The molecule has 2 aromatic carbocycles. The summed E-state index contributed by atoms with van der Waals surface area (Å²) in [7, 11) is 1.43. The van der Waals surface area contributed by atoms with Crippen molar-refractivity contribution in [1.29, 1.82) is 0 Å². The first-order chi connectivity index (χ1) is 8.11. The first kappa shape index (κ1) is 11.7. The predicted octanol–water partition coefficient (Wildman–Crippen LogP) is 3.74. The van der Waals surface area contributed by atoms with Crippen molar-refractivity contribution in [2.45, 2.75) is 0 Å². The summed E-state index contributed by atoms with van der Waals surface area (Å²) >= 11 is 5.81. The first-order valence-electron chi connectivity index (χ1n) is 5.01. The monoisotopic (exact) mass is 251 g/mol. The highest BCUT2D eigenvalue weighted by molar-refractivity contribution is 6.31. The molecular formula is C13H11ClFNO. The molecule has 2 N–H and O–H groups in total. The van der Waals surface area contributed by atoms with Gasteiger partial charge in [0.1, 0.15) is 0 Å². The van der Waals surface area contributed by atoms with Crippen LogP contribution in [0.25, 0.3) is 11.1 Å². The lowest BCUT2D eigenvalue weighted by Crippen LogP contribution is -1.92. The van der Waals surface area contributed by atoms with Gasteiger partial charge in [0.05, 0.1) is 7.11 Å². The van der Waals surface area contributed by atoms with Crippen LogP contribution in [0, 0.1) is 5.82 Å². The van der Waals surface area contributed by atoms with Gasteiger partial charge in [-0.05, 0) is 29.8 Å². The molecule has 0 atom stereocenters. The minimum atomic E-state index is -0.417. The Morgan fingerprint density at radius 3 is 2.53 bits per heavy atom. The lowest BCUT2D eigenvalue weighted by molar-refractivity contribution is 0.386. The second kappa shape index (κ2) is 4.63. The maximum atomic E-state index is 13.6. The zero-order chi connectivity index (χ0) is 12.4. The van der Waals surface area contributed by atoms with Crippen LogP contribution in [0.5, 0.6) is 5.75 Å². The van der Waals surface area contributed by atoms with Crippen LogP contribution >= 0.6 is 11.6 Å². The summed E-state index contributed by atoms with van der Waals surface area (Å²) < 4.78 is 18.4. The van der Waals surface area contributed by atoms with Crippen LogP contribution in [0.2, 0.25) is 5.02 Å². The summed E-state index contributed by atoms with van der Waals surface area (Å²) in [5.74, 6) is -0.208. The second-order valence-corrected chi connectivity index (χ2v) is 4.02. The molecule has 88 valence electrons. The summed E-state index contributed by atoms with van der Waals surface area (Å²) in [4.78, 5) is 0. The Hall–Kier alpha value is -1.74. The van der Waals surface area contributed by atoms with Crippen LogP contribution in [0.3, 0.4) is 0 Å². The fourth-order valence-corrected chi connectivity index (χ4v) is 1.81. The maximum absolute atomic E-state index is 13.6. The molecule has 0 aliphatic rings. The Balaban J connectivity index is 2.50. The van der Waals surface area contributed by atoms with Crippen molar-refractivity contribution in [2.75, 3.05) is 12.8 Å². The number of nitrogen functional groups attached to an aromatic ring is 1. The van der Waals surface area contributed by atoms with Crippen LogP contribution in [0.15, 0.2) is 36.4 Å². The fourth-order valence-electron chi connectivity index (χ4n) is 1.63. The highest BCUT2D eigenvalue weighted by Gasteiger charge is 2.07. The van der Waals surface area contributed by atoms with Gasteiger partial charge in [-0.3, -0.25) is 0 Å². The zero-order valence-electron chi connectivity index (χ0n) is 9.21. The third-order valence-corrected chi connectivity index (χ3v) is 2.71. The molecule has 0 radical (unpaired) electrons. The van der Waals surface area contributed by atoms with Crippen molar-refractivity contribution in [1.82, 2.24) is 0 Å². The van der Waals surface area contributed by atoms with E-state index in [-0.39, 0.29) is 5.75 Å². The molecule has 0 fully saturated rings. The van der Waals surface area contributed by atoms with Crippen molar-refractivity contribution in [3.8, 4) is 16.9 Å². The van der Waals surface area contributed by atoms with Crippen molar-refractivity contribution in [2.24, 2.45) is 0 Å². The smallest absolute Gasteiger partial charge is 0.165 e. The van der Waals surface area contributed by atoms with Crippen molar-refractivity contribution >= 4 is 17.3 Å². The van der Waals surface area contributed by atoms with E-state index < -0.39 is 5.82 Å². The second-order valence-electron chi connectivity index (χ2n) is 3.58. The molecule has 2 nitrogen and oxygen atoms in total. The van der Waals surface area contributed by atoms with Gasteiger partial charge in [0, 0.05) is 16.3 Å². The summed E-state index contributed by atoms with van der Waals surface area (Å²) in [6.07, 6.45) is 0. The Morgan fingerprint density at radius 2 is 1.94 bits per heavy atom. The van der Waals surface area contributed by atoms with E-state index in [4.69, 9.17) is 22.1 Å². The van der Waals surface area contributed by atoms with Crippen molar-refractivity contribution in [3.05, 3.63) is 47.2 Å². The summed E-state index contributed by atoms with van der Waals surface area (Å²) in [5, 5.41) is 0.556. The molecule has 2 aromatic rings. The molecule has 0 bridgehead atoms. The Morgan fingerprint density at radius 1 is 1.18 bits per heavy atom. The molecule has 0 aromatic heterocycles. The van der Waals surface area contributed by atoms with Gasteiger partial charge in [-0.25, -0.2) is 4.39 Å². The van der Waals surface area contributed by atoms with E-state index in [0.29, 0.717) is 16.3 Å². The third-order valence-electron chi connectivity index (χ3n) is 2.48. The Labute approximate surface area is 104 Å². The number of ether oxygens (including phenoxy) is 1. The molecular weight excluding hydrogens is 241 g/mol. The largest absolute Gasteiger partial charge is 0.494 e. The molecule has 0 aliphatic heterocycles. The summed E-state index contributed by atoms with van der Waals surface area (Å²) in [5.41, 5.74) is 7.79. The predicted molar refractivity (Wildman–Crippen MR) is 67.8 cm³/mol. The molecule has 0 heterocycles. The lowest BCUT2D eigenvalue weighted by Gasteiger charge is -2.08. The van der Waals surface area contributed by atoms with E-state index in [1.165, 1.54) is 13.2 Å². The fraction of sp³-hybridized carbons (Fsp3) is 0.0769. The van der Waals surface area contributed by atoms with Crippen LogP contribution in [0.4, 0.5) is 10.1 Å². The molecule has 0 saturated heterocycles. The molecule has 17 heavy (non-hydrogen) atoms. The molecule has 4 heteroatoms. The highest BCUT2D eigenvalue weighted by atomic mass is 35.5. The van der Waals surface area contributed by atoms with Crippen molar-refractivity contribution < 1.29 is 9.13 Å². The van der Waals surface area contributed by atoms with Gasteiger partial charge in [0.25, 0.3) is 0 Å². The molecule has 0 amide bonds. The number of benzene rings is 2. The van der Waals surface area contributed by atoms with Crippen LogP contribution in [-0.2, 0) is 0 Å². The van der Waals surface area contributed by atoms with E-state index in [9.17, 15) is 4.39 Å². The number of rotatable bonds is 2. The number of nitrogens with two attached hydrogens (primary N) is 1. The molecule has 0 unspecified atom stereocenters. The Kier molecular flexibility index (Phi) is 3.20. The minimum Gasteiger partial charge on any atom is -0.494 e. The Bertz CT molecular complexity index is 557. The van der Waals surface area contributed by atoms with Crippen LogP contribution in [0.1, 0.15) is 0 Å². The normalized spacial score (nSPS) is 10.3. The summed E-state index contributed by atoms with van der Waals surface area (Å²) in [6, 6.07) is 9.83. The van der Waals surface area contributed by atoms with Gasteiger partial charge in [-0.1, -0.05) is 23.7 Å². The molecule has 0 aliphatic carbocycles. The average Bonchev–Trinajstić information content (AvgIpc) is 2.29. The molecule has 2 rings (SSSR count). The van der Waals surface area contributed by atoms with Crippen molar-refractivity contribution in [3.63, 3.8) is 0 Å². The molecule has 0 spiro atoms. The number of hydrogen-bond acceptors (Lipinski definition) is 2. The molecule has 0 saturated carbocycles. The number of methoxy groups -OCH3 is 1. The van der Waals surface area contributed by atoms with Gasteiger partial charge < -0.3 is 10.5 Å². The lowest BCUT2D eigenvalue weighted by atomic mass is 10.0. The maximum Gasteiger partial charge on any atom is 0.165 e. The average molecular weight is 252 g/mol. The highest BCUT2D eigenvalue weighted by Crippen LogP contribution is 2.31. The first-order valence-corrected chi connectivity index (χ1v) is 5.38. The topological polar surface area (TPSA) is 35.2 Å². The van der Waals surface area contributed by atoms with Crippen LogP contribution in [-0.4, -0.2) is 7.11 Å². The van der Waals surface area contributed by atoms with E-state index in [0.717, 1.165) is 5.56 Å². The van der Waals surface area contributed by atoms with Gasteiger partial charge in [-0.15, -0.1) is 0 Å². The zero-order valence-corrected chi connectivity index (χ0v) is 9.96. The number of hydrogen-bond donors (Lipinski definition) is 1.